The van der Waals surface area contributed by atoms with Gasteiger partial charge in [-0.2, -0.15) is 0 Å². The van der Waals surface area contributed by atoms with Crippen LogP contribution in [0.4, 0.5) is 0 Å². The van der Waals surface area contributed by atoms with Crippen LogP contribution in [0.15, 0.2) is 30.5 Å². The van der Waals surface area contributed by atoms with Gasteiger partial charge in [0.2, 0.25) is 5.91 Å². The summed E-state index contributed by atoms with van der Waals surface area (Å²) in [7, 11) is 0. The van der Waals surface area contributed by atoms with Crippen molar-refractivity contribution >= 4 is 16.8 Å². The maximum absolute atomic E-state index is 12.6. The van der Waals surface area contributed by atoms with Gasteiger partial charge in [0, 0.05) is 37.8 Å². The highest BCUT2D eigenvalue weighted by Crippen LogP contribution is 2.29. The molecule has 2 aliphatic heterocycles. The molecule has 5 heteroatoms. The van der Waals surface area contributed by atoms with E-state index in [1.807, 2.05) is 17.2 Å². The van der Waals surface area contributed by atoms with E-state index < -0.39 is 0 Å². The van der Waals surface area contributed by atoms with E-state index in [1.165, 1.54) is 24.8 Å². The van der Waals surface area contributed by atoms with Gasteiger partial charge in [0.25, 0.3) is 0 Å². The molecule has 30 heavy (non-hydrogen) atoms. The molecule has 0 aliphatic carbocycles. The number of fused-ring (bicyclic) bond motifs is 1. The molecule has 2 aromatic rings. The van der Waals surface area contributed by atoms with Gasteiger partial charge in [-0.05, 0) is 68.7 Å². The van der Waals surface area contributed by atoms with Gasteiger partial charge in [-0.1, -0.05) is 19.4 Å². The number of carbonyl (C=O) groups is 1. The van der Waals surface area contributed by atoms with Crippen LogP contribution in [0, 0.1) is 0 Å². The summed E-state index contributed by atoms with van der Waals surface area (Å²) < 4.78 is 6.47. The molecule has 5 nitrogen and oxygen atoms in total. The fourth-order valence-corrected chi connectivity index (χ4v) is 4.63. The highest BCUT2D eigenvalue weighted by atomic mass is 16.5. The second-order valence-corrected chi connectivity index (χ2v) is 8.81. The number of ether oxygens (including phenoxy) is 1. The van der Waals surface area contributed by atoms with Gasteiger partial charge >= 0.3 is 0 Å². The standard InChI is InChI=1S/C25H35N3O2/c1-2-3-8-20-17-21-9-7-12-26-25(21)23(18-20)30-22-10-15-27(16-11-22)19-24(29)28-13-5-4-6-14-28/h7,9,12,17-18,22H,2-6,8,10-11,13-16,19H2,1H3. The van der Waals surface area contributed by atoms with Crippen molar-refractivity contribution in [2.24, 2.45) is 0 Å². The Hall–Kier alpha value is -2.14. The molecular weight excluding hydrogens is 374 g/mol. The third-order valence-electron chi connectivity index (χ3n) is 6.44. The number of hydrogen-bond acceptors (Lipinski definition) is 4. The Morgan fingerprint density at radius 3 is 2.70 bits per heavy atom. The van der Waals surface area contributed by atoms with Crippen molar-refractivity contribution in [3.05, 3.63) is 36.0 Å². The SMILES string of the molecule is CCCCc1cc(OC2CCN(CC(=O)N3CCCCC3)CC2)c2ncccc2c1. The van der Waals surface area contributed by atoms with Gasteiger partial charge in [0.15, 0.2) is 0 Å². The van der Waals surface area contributed by atoms with E-state index in [1.54, 1.807) is 0 Å². The van der Waals surface area contributed by atoms with Crippen LogP contribution in [0.5, 0.6) is 5.75 Å². The maximum atomic E-state index is 12.6. The zero-order valence-corrected chi connectivity index (χ0v) is 18.3. The number of aryl methyl sites for hydroxylation is 1. The molecule has 0 unspecified atom stereocenters. The quantitative estimate of drug-likeness (QED) is 0.679. The van der Waals surface area contributed by atoms with Crippen LogP contribution in [0.3, 0.4) is 0 Å². The first-order chi connectivity index (χ1) is 14.7. The average Bonchev–Trinajstić information content (AvgIpc) is 2.79. The van der Waals surface area contributed by atoms with E-state index in [2.05, 4.69) is 35.0 Å². The fourth-order valence-electron chi connectivity index (χ4n) is 4.63. The van der Waals surface area contributed by atoms with Crippen LogP contribution < -0.4 is 4.74 Å². The number of hydrogen-bond donors (Lipinski definition) is 0. The molecule has 0 atom stereocenters. The molecule has 2 fully saturated rings. The van der Waals surface area contributed by atoms with Crippen molar-refractivity contribution in [2.75, 3.05) is 32.7 Å². The summed E-state index contributed by atoms with van der Waals surface area (Å²) in [5.41, 5.74) is 2.29. The number of rotatable bonds is 7. The minimum atomic E-state index is 0.193. The number of pyridine rings is 1. The molecule has 0 N–H and O–H groups in total. The smallest absolute Gasteiger partial charge is 0.236 e. The molecule has 0 saturated carbocycles. The molecule has 1 aromatic heterocycles. The van der Waals surface area contributed by atoms with Gasteiger partial charge < -0.3 is 9.64 Å². The predicted octanol–water partition coefficient (Wildman–Crippen LogP) is 4.43. The Bertz CT molecular complexity index is 839. The molecular formula is C25H35N3O2. The van der Waals surface area contributed by atoms with Crippen LogP contribution in [-0.4, -0.2) is 59.5 Å². The fraction of sp³-hybridized carbons (Fsp3) is 0.600. The zero-order valence-electron chi connectivity index (χ0n) is 18.3. The van der Waals surface area contributed by atoms with Crippen LogP contribution in [0.1, 0.15) is 57.4 Å². The number of piperidine rings is 2. The molecule has 2 aliphatic rings. The Balaban J connectivity index is 1.35. The van der Waals surface area contributed by atoms with Crippen LogP contribution >= 0.6 is 0 Å². The Morgan fingerprint density at radius 2 is 1.93 bits per heavy atom. The summed E-state index contributed by atoms with van der Waals surface area (Å²) in [6.07, 6.45) is 11.0. The minimum Gasteiger partial charge on any atom is -0.488 e. The highest BCUT2D eigenvalue weighted by molar-refractivity contribution is 5.85. The van der Waals surface area contributed by atoms with Crippen LogP contribution in [-0.2, 0) is 11.2 Å². The van der Waals surface area contributed by atoms with Crippen LogP contribution in [0.2, 0.25) is 0 Å². The topological polar surface area (TPSA) is 45.7 Å². The van der Waals surface area contributed by atoms with Crippen molar-refractivity contribution in [2.45, 2.75) is 64.4 Å². The minimum absolute atomic E-state index is 0.193. The van der Waals surface area contributed by atoms with Crippen molar-refractivity contribution in [1.82, 2.24) is 14.8 Å². The summed E-state index contributed by atoms with van der Waals surface area (Å²) in [4.78, 5) is 21.5. The van der Waals surface area contributed by atoms with E-state index in [9.17, 15) is 4.79 Å². The van der Waals surface area contributed by atoms with E-state index in [-0.39, 0.29) is 6.10 Å². The van der Waals surface area contributed by atoms with Gasteiger partial charge in [-0.25, -0.2) is 0 Å². The van der Waals surface area contributed by atoms with Gasteiger partial charge in [-0.15, -0.1) is 0 Å². The molecule has 1 aromatic carbocycles. The predicted molar refractivity (Wildman–Crippen MR) is 121 cm³/mol. The Morgan fingerprint density at radius 1 is 1.13 bits per heavy atom. The second kappa shape index (κ2) is 10.3. The Kier molecular flexibility index (Phi) is 7.21. The molecule has 0 radical (unpaired) electrons. The van der Waals surface area contributed by atoms with E-state index in [0.29, 0.717) is 12.5 Å². The number of benzene rings is 1. The van der Waals surface area contributed by atoms with E-state index in [4.69, 9.17) is 4.74 Å². The zero-order chi connectivity index (χ0) is 20.8. The lowest BCUT2D eigenvalue weighted by Crippen LogP contribution is -2.46. The number of unbranched alkanes of at least 4 members (excludes halogenated alkanes) is 1. The number of likely N-dealkylation sites (tertiary alicyclic amines) is 2. The highest BCUT2D eigenvalue weighted by Gasteiger charge is 2.25. The lowest BCUT2D eigenvalue weighted by Gasteiger charge is -2.34. The van der Waals surface area contributed by atoms with Crippen molar-refractivity contribution < 1.29 is 9.53 Å². The number of nitrogens with zero attached hydrogens (tertiary/aromatic N) is 3. The summed E-state index contributed by atoms with van der Waals surface area (Å²) in [5, 5.41) is 1.16. The number of aromatic nitrogens is 1. The second-order valence-electron chi connectivity index (χ2n) is 8.81. The summed E-state index contributed by atoms with van der Waals surface area (Å²) >= 11 is 0. The Labute approximate surface area is 180 Å². The van der Waals surface area contributed by atoms with Crippen molar-refractivity contribution in [1.29, 1.82) is 0 Å². The lowest BCUT2D eigenvalue weighted by molar-refractivity contribution is -0.133. The molecule has 1 amide bonds. The van der Waals surface area contributed by atoms with Crippen LogP contribution in [0.25, 0.3) is 10.9 Å². The largest absolute Gasteiger partial charge is 0.488 e. The van der Waals surface area contributed by atoms with Crippen molar-refractivity contribution in [3.63, 3.8) is 0 Å². The number of amides is 1. The average molecular weight is 410 g/mol. The summed E-state index contributed by atoms with van der Waals surface area (Å²) in [5.74, 6) is 1.22. The first-order valence-electron chi connectivity index (χ1n) is 11.8. The summed E-state index contributed by atoms with van der Waals surface area (Å²) in [6, 6.07) is 8.56. The number of carbonyl (C=O) groups excluding carboxylic acids is 1. The van der Waals surface area contributed by atoms with Crippen molar-refractivity contribution in [3.8, 4) is 5.75 Å². The normalized spacial score (nSPS) is 18.6. The van der Waals surface area contributed by atoms with E-state index >= 15 is 0 Å². The van der Waals surface area contributed by atoms with E-state index in [0.717, 1.165) is 74.9 Å². The third kappa shape index (κ3) is 5.31. The lowest BCUT2D eigenvalue weighted by atomic mass is 10.0. The van der Waals surface area contributed by atoms with Gasteiger partial charge in [-0.3, -0.25) is 14.7 Å². The molecule has 0 spiro atoms. The monoisotopic (exact) mass is 409 g/mol. The first kappa shape index (κ1) is 21.1. The molecule has 3 heterocycles. The molecule has 162 valence electrons. The van der Waals surface area contributed by atoms with Gasteiger partial charge in [0.1, 0.15) is 17.4 Å². The summed E-state index contributed by atoms with van der Waals surface area (Å²) in [6.45, 7) is 6.50. The maximum Gasteiger partial charge on any atom is 0.236 e. The third-order valence-corrected chi connectivity index (χ3v) is 6.44. The molecule has 4 rings (SSSR count). The molecule has 2 saturated heterocycles. The first-order valence-corrected chi connectivity index (χ1v) is 11.8. The van der Waals surface area contributed by atoms with Gasteiger partial charge in [0.05, 0.1) is 6.54 Å². The molecule has 0 bridgehead atoms.